The van der Waals surface area contributed by atoms with Crippen LogP contribution in [0.4, 0.5) is 0 Å². The molecule has 1 aromatic rings. The Labute approximate surface area is 172 Å². The van der Waals surface area contributed by atoms with E-state index >= 15 is 0 Å². The smallest absolute Gasteiger partial charge is 0.355 e. The lowest BCUT2D eigenvalue weighted by molar-refractivity contribution is -0.128. The summed E-state index contributed by atoms with van der Waals surface area (Å²) in [5, 5.41) is 20.7. The molecule has 1 amide bonds. The van der Waals surface area contributed by atoms with Gasteiger partial charge in [-0.3, -0.25) is 4.79 Å². The Bertz CT molecular complexity index is 702. The van der Waals surface area contributed by atoms with Crippen molar-refractivity contribution in [3.05, 3.63) is 23.2 Å². The Morgan fingerprint density at radius 1 is 1.43 bits per heavy atom. The van der Waals surface area contributed by atoms with Crippen LogP contribution in [0.1, 0.15) is 42.6 Å². The molecular formula is C19H26N2O5S2. The predicted molar refractivity (Wildman–Crippen MR) is 108 cm³/mol. The van der Waals surface area contributed by atoms with Gasteiger partial charge in [0.1, 0.15) is 0 Å². The first-order chi connectivity index (χ1) is 13.5. The molecule has 0 saturated carbocycles. The molecule has 7 nitrogen and oxygen atoms in total. The molecule has 2 aliphatic rings. The van der Waals surface area contributed by atoms with Crippen molar-refractivity contribution < 1.29 is 24.5 Å². The monoisotopic (exact) mass is 426 g/mol. The molecule has 2 aliphatic heterocycles. The van der Waals surface area contributed by atoms with Crippen LogP contribution in [0.3, 0.4) is 0 Å². The van der Waals surface area contributed by atoms with Crippen molar-refractivity contribution >= 4 is 35.0 Å². The maximum Gasteiger partial charge on any atom is 0.355 e. The fraction of sp³-hybridized carbons (Fsp3) is 0.632. The van der Waals surface area contributed by atoms with E-state index in [1.165, 1.54) is 28.5 Å². The van der Waals surface area contributed by atoms with Crippen molar-refractivity contribution in [1.29, 1.82) is 0 Å². The fourth-order valence-corrected chi connectivity index (χ4v) is 5.37. The van der Waals surface area contributed by atoms with Crippen molar-refractivity contribution in [3.8, 4) is 0 Å². The molecular weight excluding hydrogens is 400 g/mol. The SMILES string of the molecule is O=C(O)c1csc(SCCN2C(=O)CC[C@@H]2/C=C/[C@@H](O)CC2CCOCC2)n1. The number of amides is 1. The van der Waals surface area contributed by atoms with Crippen LogP contribution < -0.4 is 0 Å². The summed E-state index contributed by atoms with van der Waals surface area (Å²) in [6, 6.07) is 0.0170. The number of nitrogens with zero attached hydrogens (tertiary/aromatic N) is 2. The summed E-state index contributed by atoms with van der Waals surface area (Å²) in [5.74, 6) is 0.259. The summed E-state index contributed by atoms with van der Waals surface area (Å²) in [5.41, 5.74) is 0.0593. The van der Waals surface area contributed by atoms with E-state index in [0.717, 1.165) is 38.9 Å². The molecule has 2 fully saturated rings. The summed E-state index contributed by atoms with van der Waals surface area (Å²) < 4.78 is 6.05. The average Bonchev–Trinajstić information content (AvgIpc) is 3.29. The van der Waals surface area contributed by atoms with Gasteiger partial charge in [0.05, 0.1) is 12.1 Å². The number of carbonyl (C=O) groups is 2. The average molecular weight is 427 g/mol. The lowest BCUT2D eigenvalue weighted by Gasteiger charge is -2.24. The van der Waals surface area contributed by atoms with Crippen molar-refractivity contribution in [2.24, 2.45) is 5.92 Å². The third-order valence-corrected chi connectivity index (χ3v) is 7.11. The van der Waals surface area contributed by atoms with E-state index in [0.29, 0.717) is 29.0 Å². The predicted octanol–water partition coefficient (Wildman–Crippen LogP) is 2.66. The number of aliphatic hydroxyl groups excluding tert-OH is 1. The molecule has 0 radical (unpaired) electrons. The van der Waals surface area contributed by atoms with Crippen LogP contribution in [0.5, 0.6) is 0 Å². The number of thiazole rings is 1. The van der Waals surface area contributed by atoms with E-state index in [9.17, 15) is 14.7 Å². The molecule has 3 heterocycles. The molecule has 0 unspecified atom stereocenters. The minimum atomic E-state index is -1.03. The number of aliphatic hydroxyl groups is 1. The van der Waals surface area contributed by atoms with Gasteiger partial charge in [-0.15, -0.1) is 11.3 Å². The van der Waals surface area contributed by atoms with E-state index in [-0.39, 0.29) is 17.6 Å². The fourth-order valence-electron chi connectivity index (χ4n) is 3.56. The van der Waals surface area contributed by atoms with E-state index in [1.54, 1.807) is 0 Å². The molecule has 2 N–H and O–H groups in total. The van der Waals surface area contributed by atoms with Gasteiger partial charge >= 0.3 is 5.97 Å². The Hall–Kier alpha value is -1.42. The maximum atomic E-state index is 12.2. The van der Waals surface area contributed by atoms with Crippen molar-refractivity contribution in [2.45, 2.75) is 48.6 Å². The molecule has 28 heavy (non-hydrogen) atoms. The van der Waals surface area contributed by atoms with Crippen LogP contribution in [0.25, 0.3) is 0 Å². The Morgan fingerprint density at radius 2 is 2.21 bits per heavy atom. The zero-order chi connectivity index (χ0) is 19.9. The van der Waals surface area contributed by atoms with Crippen molar-refractivity contribution in [1.82, 2.24) is 9.88 Å². The number of carboxylic acids is 1. The van der Waals surface area contributed by atoms with Crippen LogP contribution >= 0.6 is 23.1 Å². The van der Waals surface area contributed by atoms with E-state index < -0.39 is 12.1 Å². The van der Waals surface area contributed by atoms with Crippen LogP contribution in [-0.4, -0.2) is 69.6 Å². The number of aromatic nitrogens is 1. The first-order valence-corrected chi connectivity index (χ1v) is 11.4. The second kappa shape index (κ2) is 10.4. The third-order valence-electron chi connectivity index (χ3n) is 5.11. The molecule has 0 spiro atoms. The number of carbonyl (C=O) groups excluding carboxylic acids is 1. The number of rotatable bonds is 9. The van der Waals surface area contributed by atoms with Gasteiger partial charge in [-0.25, -0.2) is 9.78 Å². The van der Waals surface area contributed by atoms with Crippen molar-refractivity contribution in [3.63, 3.8) is 0 Å². The van der Waals surface area contributed by atoms with Gasteiger partial charge in [-0.1, -0.05) is 23.9 Å². The molecule has 2 saturated heterocycles. The Balaban J connectivity index is 1.45. The van der Waals surface area contributed by atoms with E-state index in [1.807, 2.05) is 17.1 Å². The number of hydrogen-bond donors (Lipinski definition) is 2. The number of aromatic carboxylic acids is 1. The largest absolute Gasteiger partial charge is 0.476 e. The topological polar surface area (TPSA) is 100.0 Å². The summed E-state index contributed by atoms with van der Waals surface area (Å²) >= 11 is 2.77. The highest BCUT2D eigenvalue weighted by Gasteiger charge is 2.29. The molecule has 3 rings (SSSR count). The zero-order valence-corrected chi connectivity index (χ0v) is 17.3. The standard InChI is InChI=1S/C19H26N2O5S2/c22-15(11-13-5-8-26-9-6-13)3-1-14-2-4-17(23)21(14)7-10-27-19-20-16(12-28-19)18(24)25/h1,3,12-15,22H,2,4-11H2,(H,24,25)/b3-1+/t14-,15+/m0/s1. The highest BCUT2D eigenvalue weighted by atomic mass is 32.2. The van der Waals surface area contributed by atoms with Crippen LogP contribution in [-0.2, 0) is 9.53 Å². The highest BCUT2D eigenvalue weighted by Crippen LogP contribution is 2.26. The van der Waals surface area contributed by atoms with Gasteiger partial charge in [0, 0.05) is 37.3 Å². The lowest BCUT2D eigenvalue weighted by atomic mass is 9.93. The summed E-state index contributed by atoms with van der Waals surface area (Å²) in [4.78, 5) is 29.0. The lowest BCUT2D eigenvalue weighted by Crippen LogP contribution is -2.34. The minimum absolute atomic E-state index is 0.0170. The molecule has 1 aromatic heterocycles. The maximum absolute atomic E-state index is 12.2. The molecule has 2 atom stereocenters. The Kier molecular flexibility index (Phi) is 7.90. The minimum Gasteiger partial charge on any atom is -0.476 e. The number of thioether (sulfide) groups is 1. The summed E-state index contributed by atoms with van der Waals surface area (Å²) in [6.07, 6.45) is 7.34. The van der Waals surface area contributed by atoms with Crippen molar-refractivity contribution in [2.75, 3.05) is 25.5 Å². The highest BCUT2D eigenvalue weighted by molar-refractivity contribution is 8.01. The molecule has 0 aromatic carbocycles. The molecule has 0 bridgehead atoms. The van der Waals surface area contributed by atoms with Crippen LogP contribution in [0, 0.1) is 5.92 Å². The van der Waals surface area contributed by atoms with Gasteiger partial charge in [0.15, 0.2) is 10.0 Å². The van der Waals surface area contributed by atoms with Gasteiger partial charge < -0.3 is 19.8 Å². The molecule has 0 aliphatic carbocycles. The summed E-state index contributed by atoms with van der Waals surface area (Å²) in [7, 11) is 0. The molecule has 9 heteroatoms. The zero-order valence-electron chi connectivity index (χ0n) is 15.7. The van der Waals surface area contributed by atoms with Crippen LogP contribution in [0.2, 0.25) is 0 Å². The van der Waals surface area contributed by atoms with Gasteiger partial charge in [0.2, 0.25) is 5.91 Å². The van der Waals surface area contributed by atoms with Gasteiger partial charge in [0.25, 0.3) is 0 Å². The number of carboxylic acid groups (broad SMARTS) is 1. The first kappa shape index (κ1) is 21.3. The third kappa shape index (κ3) is 6.04. The quantitative estimate of drug-likeness (QED) is 0.462. The van der Waals surface area contributed by atoms with Crippen LogP contribution in [0.15, 0.2) is 21.9 Å². The van der Waals surface area contributed by atoms with Gasteiger partial charge in [-0.05, 0) is 31.6 Å². The second-order valence-electron chi connectivity index (χ2n) is 7.09. The van der Waals surface area contributed by atoms with Gasteiger partial charge in [-0.2, -0.15) is 0 Å². The van der Waals surface area contributed by atoms with E-state index in [4.69, 9.17) is 9.84 Å². The first-order valence-electron chi connectivity index (χ1n) is 9.58. The normalized spacial score (nSPS) is 22.2. The number of hydrogen-bond acceptors (Lipinski definition) is 7. The Morgan fingerprint density at radius 3 is 2.93 bits per heavy atom. The molecule has 154 valence electrons. The second-order valence-corrected chi connectivity index (χ2v) is 9.29. The number of ether oxygens (including phenoxy) is 1. The van der Waals surface area contributed by atoms with E-state index in [2.05, 4.69) is 4.98 Å². The summed E-state index contributed by atoms with van der Waals surface area (Å²) in [6.45, 7) is 2.13. The number of likely N-dealkylation sites (tertiary alicyclic amines) is 1.